The number of carbonyl (C=O) groups excluding carboxylic acids is 1. The lowest BCUT2D eigenvalue weighted by Crippen LogP contribution is -2.40. The first-order chi connectivity index (χ1) is 5.60. The number of nitrogens with two attached hydrogens (primary N) is 1. The van der Waals surface area contributed by atoms with Gasteiger partial charge >= 0.3 is 0 Å². The summed E-state index contributed by atoms with van der Waals surface area (Å²) >= 11 is 0. The molecule has 0 aromatic carbocycles. The predicted molar refractivity (Wildman–Crippen MR) is 56.5 cm³/mol. The van der Waals surface area contributed by atoms with Gasteiger partial charge in [-0.1, -0.05) is 41.5 Å². The summed E-state index contributed by atoms with van der Waals surface area (Å²) in [6.07, 6.45) is 0. The Morgan fingerprint density at radius 1 is 1.15 bits per heavy atom. The Kier molecular flexibility index (Phi) is 3.68. The average Bonchev–Trinajstić information content (AvgIpc) is 1.83. The highest BCUT2D eigenvalue weighted by Crippen LogP contribution is 2.32. The molecule has 0 aliphatic carbocycles. The molecule has 1 atom stereocenters. The molecule has 0 saturated heterocycles. The highest BCUT2D eigenvalue weighted by Gasteiger charge is 2.35. The van der Waals surface area contributed by atoms with Crippen LogP contribution in [0.15, 0.2) is 0 Å². The third-order valence-electron chi connectivity index (χ3n) is 2.34. The van der Waals surface area contributed by atoms with Gasteiger partial charge in [-0.25, -0.2) is 0 Å². The van der Waals surface area contributed by atoms with Crippen LogP contribution in [0, 0.1) is 16.7 Å². The van der Waals surface area contributed by atoms with Crippen LogP contribution in [0.3, 0.4) is 0 Å². The van der Waals surface area contributed by atoms with Crippen molar-refractivity contribution >= 4 is 5.78 Å². The molecule has 2 N–H and O–H groups in total. The van der Waals surface area contributed by atoms with Crippen LogP contribution in [0.1, 0.15) is 41.5 Å². The van der Waals surface area contributed by atoms with Crippen molar-refractivity contribution in [2.45, 2.75) is 41.5 Å². The second-order valence-electron chi connectivity index (χ2n) is 5.77. The SMILES string of the molecule is CC(C)(C)C(=O)C(CN)C(C)(C)C. The quantitative estimate of drug-likeness (QED) is 0.717. The average molecular weight is 185 g/mol. The van der Waals surface area contributed by atoms with Crippen molar-refractivity contribution in [1.82, 2.24) is 0 Å². The molecule has 0 amide bonds. The van der Waals surface area contributed by atoms with E-state index in [0.29, 0.717) is 6.54 Å². The van der Waals surface area contributed by atoms with Gasteiger partial charge in [-0.2, -0.15) is 0 Å². The fourth-order valence-electron chi connectivity index (χ4n) is 1.38. The fourth-order valence-corrected chi connectivity index (χ4v) is 1.38. The van der Waals surface area contributed by atoms with E-state index in [0.717, 1.165) is 0 Å². The van der Waals surface area contributed by atoms with E-state index >= 15 is 0 Å². The Hall–Kier alpha value is -0.370. The van der Waals surface area contributed by atoms with E-state index in [1.54, 1.807) is 0 Å². The van der Waals surface area contributed by atoms with E-state index in [9.17, 15) is 4.79 Å². The van der Waals surface area contributed by atoms with Crippen LogP contribution in [-0.2, 0) is 4.79 Å². The van der Waals surface area contributed by atoms with Crippen molar-refractivity contribution in [3.63, 3.8) is 0 Å². The maximum Gasteiger partial charge on any atom is 0.143 e. The summed E-state index contributed by atoms with van der Waals surface area (Å²) in [5, 5.41) is 0. The molecule has 2 nitrogen and oxygen atoms in total. The zero-order chi connectivity index (χ0) is 10.9. The molecule has 1 unspecified atom stereocenters. The van der Waals surface area contributed by atoms with E-state index < -0.39 is 0 Å². The molecule has 0 bridgehead atoms. The summed E-state index contributed by atoms with van der Waals surface area (Å²) in [7, 11) is 0. The van der Waals surface area contributed by atoms with Gasteiger partial charge in [0.1, 0.15) is 5.78 Å². The lowest BCUT2D eigenvalue weighted by atomic mass is 9.71. The van der Waals surface area contributed by atoms with Crippen LogP contribution in [0.2, 0.25) is 0 Å². The Balaban J connectivity index is 4.72. The summed E-state index contributed by atoms with van der Waals surface area (Å²) in [5.41, 5.74) is 5.33. The zero-order valence-electron chi connectivity index (χ0n) is 9.77. The van der Waals surface area contributed by atoms with Crippen LogP contribution >= 0.6 is 0 Å². The van der Waals surface area contributed by atoms with E-state index in [-0.39, 0.29) is 22.5 Å². The molecule has 2 heteroatoms. The normalized spacial score (nSPS) is 15.6. The molecule has 0 aliphatic heterocycles. The molecule has 78 valence electrons. The molecule has 13 heavy (non-hydrogen) atoms. The smallest absolute Gasteiger partial charge is 0.143 e. The van der Waals surface area contributed by atoms with E-state index in [1.807, 2.05) is 20.8 Å². The van der Waals surface area contributed by atoms with Crippen molar-refractivity contribution in [3.05, 3.63) is 0 Å². The van der Waals surface area contributed by atoms with Gasteiger partial charge in [0.05, 0.1) is 0 Å². The predicted octanol–water partition coefficient (Wildman–Crippen LogP) is 2.22. The summed E-state index contributed by atoms with van der Waals surface area (Å²) in [6.45, 7) is 12.5. The number of rotatable bonds is 2. The Morgan fingerprint density at radius 2 is 1.54 bits per heavy atom. The molecule has 0 aromatic heterocycles. The van der Waals surface area contributed by atoms with Crippen LogP contribution in [0.4, 0.5) is 0 Å². The topological polar surface area (TPSA) is 43.1 Å². The van der Waals surface area contributed by atoms with E-state index in [1.165, 1.54) is 0 Å². The Bertz CT molecular complexity index is 183. The number of hydrogen-bond donors (Lipinski definition) is 1. The summed E-state index contributed by atoms with van der Waals surface area (Å²) in [6, 6.07) is 0. The minimum atomic E-state index is -0.280. The monoisotopic (exact) mass is 185 g/mol. The van der Waals surface area contributed by atoms with Crippen LogP contribution in [0.25, 0.3) is 0 Å². The first kappa shape index (κ1) is 12.6. The van der Waals surface area contributed by atoms with Gasteiger partial charge in [-0.05, 0) is 5.41 Å². The van der Waals surface area contributed by atoms with E-state index in [2.05, 4.69) is 20.8 Å². The molecular weight excluding hydrogens is 162 g/mol. The molecule has 0 rings (SSSR count). The third-order valence-corrected chi connectivity index (χ3v) is 2.34. The lowest BCUT2D eigenvalue weighted by Gasteiger charge is -2.33. The molecule has 0 spiro atoms. The Morgan fingerprint density at radius 3 is 1.62 bits per heavy atom. The first-order valence-electron chi connectivity index (χ1n) is 4.85. The zero-order valence-corrected chi connectivity index (χ0v) is 9.77. The second kappa shape index (κ2) is 3.79. The lowest BCUT2D eigenvalue weighted by molar-refractivity contribution is -0.133. The van der Waals surface area contributed by atoms with Crippen LogP contribution in [0.5, 0.6) is 0 Å². The molecule has 0 aliphatic rings. The number of carbonyl (C=O) groups is 1. The minimum Gasteiger partial charge on any atom is -0.330 e. The maximum absolute atomic E-state index is 12.0. The second-order valence-corrected chi connectivity index (χ2v) is 5.77. The highest BCUT2D eigenvalue weighted by molar-refractivity contribution is 5.86. The van der Waals surface area contributed by atoms with Crippen molar-refractivity contribution in [2.24, 2.45) is 22.5 Å². The molecule has 0 heterocycles. The number of Topliss-reactive ketones (excluding diaryl/α,β-unsaturated/α-hetero) is 1. The van der Waals surface area contributed by atoms with Crippen LogP contribution < -0.4 is 5.73 Å². The number of ketones is 1. The van der Waals surface area contributed by atoms with Gasteiger partial charge in [0.2, 0.25) is 0 Å². The summed E-state index contributed by atoms with van der Waals surface area (Å²) in [4.78, 5) is 12.0. The van der Waals surface area contributed by atoms with Crippen molar-refractivity contribution in [3.8, 4) is 0 Å². The van der Waals surface area contributed by atoms with Gasteiger partial charge in [-0.15, -0.1) is 0 Å². The van der Waals surface area contributed by atoms with Gasteiger partial charge in [0, 0.05) is 17.9 Å². The summed E-state index contributed by atoms with van der Waals surface area (Å²) < 4.78 is 0. The van der Waals surface area contributed by atoms with Gasteiger partial charge in [-0.3, -0.25) is 4.79 Å². The highest BCUT2D eigenvalue weighted by atomic mass is 16.1. The van der Waals surface area contributed by atoms with Crippen LogP contribution in [-0.4, -0.2) is 12.3 Å². The summed E-state index contributed by atoms with van der Waals surface area (Å²) in [5.74, 6) is 0.231. The molecule has 0 aromatic rings. The largest absolute Gasteiger partial charge is 0.330 e. The van der Waals surface area contributed by atoms with Crippen molar-refractivity contribution in [2.75, 3.05) is 6.54 Å². The van der Waals surface area contributed by atoms with Gasteiger partial charge in [0.15, 0.2) is 0 Å². The Labute approximate surface area is 81.9 Å². The van der Waals surface area contributed by atoms with E-state index in [4.69, 9.17) is 5.73 Å². The first-order valence-corrected chi connectivity index (χ1v) is 4.85. The fraction of sp³-hybridized carbons (Fsp3) is 0.909. The van der Waals surface area contributed by atoms with Crippen molar-refractivity contribution < 1.29 is 4.79 Å². The van der Waals surface area contributed by atoms with Gasteiger partial charge < -0.3 is 5.73 Å². The number of hydrogen-bond acceptors (Lipinski definition) is 2. The maximum atomic E-state index is 12.0. The van der Waals surface area contributed by atoms with Crippen molar-refractivity contribution in [1.29, 1.82) is 0 Å². The molecular formula is C11H23NO. The minimum absolute atomic E-state index is 0.0287. The molecule has 0 saturated carbocycles. The standard InChI is InChI=1S/C11H23NO/c1-10(2,3)8(7-12)9(13)11(4,5)6/h8H,7,12H2,1-6H3. The molecule has 0 radical (unpaired) electrons. The molecule has 0 fully saturated rings. The third kappa shape index (κ3) is 3.47. The van der Waals surface area contributed by atoms with Gasteiger partial charge in [0.25, 0.3) is 0 Å².